The fourth-order valence-electron chi connectivity index (χ4n) is 2.53. The minimum atomic E-state index is -3.22. The summed E-state index contributed by atoms with van der Waals surface area (Å²) in [6, 6.07) is 3.36. The van der Waals surface area contributed by atoms with Crippen LogP contribution in [0.3, 0.4) is 0 Å². The second kappa shape index (κ2) is 9.29. The van der Waals surface area contributed by atoms with Crippen molar-refractivity contribution in [3.8, 4) is 0 Å². The average molecular weight is 314 g/mol. The first-order valence-electron chi connectivity index (χ1n) is 8.25. The number of sulfone groups is 1. The molecule has 0 aliphatic heterocycles. The first kappa shape index (κ1) is 18.3. The van der Waals surface area contributed by atoms with Crippen molar-refractivity contribution in [3.05, 3.63) is 17.9 Å². The Morgan fingerprint density at radius 1 is 1.00 bits per heavy atom. The lowest BCUT2D eigenvalue weighted by atomic mass is 9.99. The van der Waals surface area contributed by atoms with E-state index in [4.69, 9.17) is 4.42 Å². The van der Waals surface area contributed by atoms with Crippen molar-refractivity contribution in [2.75, 3.05) is 6.26 Å². The molecule has 0 radical (unpaired) electrons. The SMILES string of the molecule is CCCCCCCCCCC(C)c1ccc(S(C)(=O)=O)o1. The monoisotopic (exact) mass is 314 g/mol. The summed E-state index contributed by atoms with van der Waals surface area (Å²) in [6.07, 6.45) is 12.7. The van der Waals surface area contributed by atoms with E-state index < -0.39 is 9.84 Å². The van der Waals surface area contributed by atoms with Gasteiger partial charge in [-0.2, -0.15) is 0 Å². The molecule has 1 aromatic rings. The van der Waals surface area contributed by atoms with Crippen molar-refractivity contribution in [2.24, 2.45) is 0 Å². The van der Waals surface area contributed by atoms with Crippen LogP contribution in [0.2, 0.25) is 0 Å². The molecule has 0 fully saturated rings. The number of rotatable bonds is 11. The van der Waals surface area contributed by atoms with Crippen LogP contribution < -0.4 is 0 Å². The summed E-state index contributed by atoms with van der Waals surface area (Å²) < 4.78 is 28.2. The highest BCUT2D eigenvalue weighted by atomic mass is 32.2. The molecule has 0 aromatic carbocycles. The Morgan fingerprint density at radius 3 is 2.10 bits per heavy atom. The zero-order valence-corrected chi connectivity index (χ0v) is 14.5. The number of hydrogen-bond donors (Lipinski definition) is 0. The minimum absolute atomic E-state index is 0.0836. The van der Waals surface area contributed by atoms with Crippen LogP contribution in [0.1, 0.15) is 83.3 Å². The van der Waals surface area contributed by atoms with Crippen molar-refractivity contribution in [1.82, 2.24) is 0 Å². The summed E-state index contributed by atoms with van der Waals surface area (Å²) in [6.45, 7) is 4.34. The molecule has 0 saturated heterocycles. The molecular formula is C17H30O3S. The van der Waals surface area contributed by atoms with Crippen LogP contribution >= 0.6 is 0 Å². The third-order valence-corrected chi connectivity index (χ3v) is 4.89. The molecule has 122 valence electrons. The Labute approximate surface area is 130 Å². The van der Waals surface area contributed by atoms with E-state index in [9.17, 15) is 8.42 Å². The standard InChI is InChI=1S/C17H30O3S/c1-4-5-6-7-8-9-10-11-12-15(2)16-13-14-17(20-16)21(3,18)19/h13-15H,4-12H2,1-3H3. The van der Waals surface area contributed by atoms with Gasteiger partial charge < -0.3 is 4.42 Å². The number of hydrogen-bond acceptors (Lipinski definition) is 3. The minimum Gasteiger partial charge on any atom is -0.449 e. The van der Waals surface area contributed by atoms with Crippen LogP contribution in [0.15, 0.2) is 21.6 Å². The van der Waals surface area contributed by atoms with Crippen molar-refractivity contribution in [2.45, 2.75) is 82.6 Å². The summed E-state index contributed by atoms with van der Waals surface area (Å²) >= 11 is 0. The average Bonchev–Trinajstić information content (AvgIpc) is 2.91. The van der Waals surface area contributed by atoms with Gasteiger partial charge in [-0.3, -0.25) is 0 Å². The van der Waals surface area contributed by atoms with E-state index in [1.54, 1.807) is 12.1 Å². The maximum Gasteiger partial charge on any atom is 0.217 e. The first-order chi connectivity index (χ1) is 9.95. The largest absolute Gasteiger partial charge is 0.449 e. The van der Waals surface area contributed by atoms with Crippen molar-refractivity contribution >= 4 is 9.84 Å². The smallest absolute Gasteiger partial charge is 0.217 e. The molecular weight excluding hydrogens is 284 g/mol. The van der Waals surface area contributed by atoms with Gasteiger partial charge in [-0.1, -0.05) is 65.2 Å². The topological polar surface area (TPSA) is 47.3 Å². The van der Waals surface area contributed by atoms with Crippen molar-refractivity contribution in [1.29, 1.82) is 0 Å². The van der Waals surface area contributed by atoms with Gasteiger partial charge in [-0.15, -0.1) is 0 Å². The normalized spacial score (nSPS) is 13.5. The molecule has 1 heterocycles. The Kier molecular flexibility index (Phi) is 8.09. The van der Waals surface area contributed by atoms with Crippen LogP contribution in [0.25, 0.3) is 0 Å². The third kappa shape index (κ3) is 7.16. The highest BCUT2D eigenvalue weighted by Gasteiger charge is 2.15. The second-order valence-electron chi connectivity index (χ2n) is 6.09. The molecule has 1 rings (SSSR count). The molecule has 3 nitrogen and oxygen atoms in total. The zero-order valence-electron chi connectivity index (χ0n) is 13.7. The van der Waals surface area contributed by atoms with Crippen LogP contribution in [-0.2, 0) is 9.84 Å². The van der Waals surface area contributed by atoms with Gasteiger partial charge in [0.1, 0.15) is 5.76 Å². The van der Waals surface area contributed by atoms with E-state index in [1.165, 1.54) is 57.6 Å². The van der Waals surface area contributed by atoms with Crippen LogP contribution in [0, 0.1) is 0 Å². The van der Waals surface area contributed by atoms with Crippen LogP contribution in [0.4, 0.5) is 0 Å². The predicted octanol–water partition coefficient (Wildman–Crippen LogP) is 5.32. The molecule has 0 aliphatic rings. The third-order valence-electron chi connectivity index (χ3n) is 3.94. The maximum absolute atomic E-state index is 11.4. The van der Waals surface area contributed by atoms with E-state index >= 15 is 0 Å². The molecule has 0 bridgehead atoms. The summed E-state index contributed by atoms with van der Waals surface area (Å²) in [5.41, 5.74) is 0. The van der Waals surface area contributed by atoms with Gasteiger partial charge in [0.2, 0.25) is 14.9 Å². The molecule has 0 aliphatic carbocycles. The first-order valence-corrected chi connectivity index (χ1v) is 10.1. The molecule has 0 amide bonds. The fraction of sp³-hybridized carbons (Fsp3) is 0.765. The lowest BCUT2D eigenvalue weighted by Gasteiger charge is -2.08. The summed E-state index contributed by atoms with van der Waals surface area (Å²) in [5, 5.41) is 0.0836. The molecule has 21 heavy (non-hydrogen) atoms. The lowest BCUT2D eigenvalue weighted by Crippen LogP contribution is -1.95. The van der Waals surface area contributed by atoms with Crippen molar-refractivity contribution < 1.29 is 12.8 Å². The Balaban J connectivity index is 2.19. The second-order valence-corrected chi connectivity index (χ2v) is 8.04. The van der Waals surface area contributed by atoms with E-state index in [0.717, 1.165) is 12.2 Å². The molecule has 4 heteroatoms. The summed E-state index contributed by atoms with van der Waals surface area (Å²) in [4.78, 5) is 0. The van der Waals surface area contributed by atoms with Gasteiger partial charge in [-0.25, -0.2) is 8.42 Å². The molecule has 0 N–H and O–H groups in total. The molecule has 0 spiro atoms. The Bertz CT molecular complexity index is 488. The zero-order chi connectivity index (χ0) is 15.7. The van der Waals surface area contributed by atoms with E-state index in [-0.39, 0.29) is 5.09 Å². The number of furan rings is 1. The Morgan fingerprint density at radius 2 is 1.57 bits per heavy atom. The number of unbranched alkanes of at least 4 members (excludes halogenated alkanes) is 7. The molecule has 0 saturated carbocycles. The highest BCUT2D eigenvalue weighted by molar-refractivity contribution is 7.90. The van der Waals surface area contributed by atoms with Gasteiger partial charge >= 0.3 is 0 Å². The van der Waals surface area contributed by atoms with E-state index in [1.807, 2.05) is 0 Å². The van der Waals surface area contributed by atoms with Crippen LogP contribution in [-0.4, -0.2) is 14.7 Å². The quantitative estimate of drug-likeness (QED) is 0.519. The molecule has 1 aromatic heterocycles. The highest BCUT2D eigenvalue weighted by Crippen LogP contribution is 2.26. The summed E-state index contributed by atoms with van der Waals surface area (Å²) in [5.74, 6) is 1.08. The van der Waals surface area contributed by atoms with Gasteiger partial charge in [0, 0.05) is 12.2 Å². The molecule has 1 unspecified atom stereocenters. The summed E-state index contributed by atoms with van der Waals surface area (Å²) in [7, 11) is -3.22. The van der Waals surface area contributed by atoms with E-state index in [0.29, 0.717) is 5.92 Å². The van der Waals surface area contributed by atoms with Crippen LogP contribution in [0.5, 0.6) is 0 Å². The van der Waals surface area contributed by atoms with E-state index in [2.05, 4.69) is 13.8 Å². The Hall–Kier alpha value is -0.770. The van der Waals surface area contributed by atoms with Crippen molar-refractivity contribution in [3.63, 3.8) is 0 Å². The lowest BCUT2D eigenvalue weighted by molar-refractivity contribution is 0.384. The maximum atomic E-state index is 11.4. The molecule has 1 atom stereocenters. The van der Waals surface area contributed by atoms with Gasteiger partial charge in [-0.05, 0) is 18.6 Å². The fourth-order valence-corrected chi connectivity index (χ4v) is 3.09. The van der Waals surface area contributed by atoms with Gasteiger partial charge in [0.15, 0.2) is 0 Å². The predicted molar refractivity (Wildman–Crippen MR) is 87.5 cm³/mol. The van der Waals surface area contributed by atoms with Gasteiger partial charge in [0.25, 0.3) is 0 Å². The van der Waals surface area contributed by atoms with Gasteiger partial charge in [0.05, 0.1) is 0 Å².